The Morgan fingerprint density at radius 3 is 2.59 bits per heavy atom. The number of nitrogens with two attached hydrogens (primary N) is 1. The Hall–Kier alpha value is -2.97. The smallest absolute Gasteiger partial charge is 0.307 e. The Morgan fingerprint density at radius 1 is 1.28 bits per heavy atom. The number of methoxy groups -OCH3 is 1. The van der Waals surface area contributed by atoms with E-state index in [0.717, 1.165) is 22.5 Å². The van der Waals surface area contributed by atoms with Crippen LogP contribution in [0.1, 0.15) is 26.4 Å². The zero-order valence-corrected chi connectivity index (χ0v) is 17.2. The number of H-pyrrole nitrogens is 1. The molecular weight excluding hydrogens is 414 g/mol. The van der Waals surface area contributed by atoms with Gasteiger partial charge in [-0.05, 0) is 23.6 Å². The summed E-state index contributed by atoms with van der Waals surface area (Å²) in [5.41, 5.74) is 8.43. The SMILES string of the molecule is COc1cc(N)c(Cl)cc1C(=O)NCCc1ccc(Cc2sc(=O)[nH]c2O)cc1. The molecule has 0 aliphatic heterocycles. The van der Waals surface area contributed by atoms with Crippen LogP contribution in [0, 0.1) is 0 Å². The first-order chi connectivity index (χ1) is 13.9. The molecule has 0 aliphatic rings. The quantitative estimate of drug-likeness (QED) is 0.427. The molecule has 7 nitrogen and oxygen atoms in total. The lowest BCUT2D eigenvalue weighted by molar-refractivity contribution is 0.0951. The molecule has 0 bridgehead atoms. The van der Waals surface area contributed by atoms with Gasteiger partial charge in [0.1, 0.15) is 5.75 Å². The van der Waals surface area contributed by atoms with Crippen LogP contribution in [0.5, 0.6) is 11.6 Å². The number of anilines is 1. The molecule has 1 aromatic heterocycles. The fourth-order valence-corrected chi connectivity index (χ4v) is 3.73. The Labute approximate surface area is 176 Å². The van der Waals surface area contributed by atoms with Gasteiger partial charge in [0.2, 0.25) is 5.88 Å². The van der Waals surface area contributed by atoms with E-state index >= 15 is 0 Å². The summed E-state index contributed by atoms with van der Waals surface area (Å²) < 4.78 is 5.20. The van der Waals surface area contributed by atoms with Gasteiger partial charge in [-0.2, -0.15) is 0 Å². The van der Waals surface area contributed by atoms with E-state index in [0.29, 0.717) is 46.3 Å². The molecule has 5 N–H and O–H groups in total. The molecule has 9 heteroatoms. The van der Waals surface area contributed by atoms with E-state index in [1.165, 1.54) is 19.2 Å². The Bertz CT molecular complexity index is 1080. The van der Waals surface area contributed by atoms with E-state index in [4.69, 9.17) is 22.1 Å². The first-order valence-corrected chi connectivity index (χ1v) is 9.96. The highest BCUT2D eigenvalue weighted by molar-refractivity contribution is 7.09. The summed E-state index contributed by atoms with van der Waals surface area (Å²) in [7, 11) is 1.47. The van der Waals surface area contributed by atoms with Gasteiger partial charge in [-0.15, -0.1) is 0 Å². The van der Waals surface area contributed by atoms with E-state index in [1.54, 1.807) is 0 Å². The van der Waals surface area contributed by atoms with Gasteiger partial charge in [0.25, 0.3) is 5.91 Å². The standard InChI is InChI=1S/C20H20ClN3O4S/c1-28-16-10-15(22)14(21)9-13(16)18(25)23-7-6-11-2-4-12(5-3-11)8-17-19(26)24-20(27)29-17/h2-5,9-10,26H,6-8,22H2,1H3,(H,23,25)(H,24,27). The molecule has 0 saturated heterocycles. The highest BCUT2D eigenvalue weighted by Crippen LogP contribution is 2.28. The zero-order chi connectivity index (χ0) is 21.0. The molecule has 0 atom stereocenters. The molecule has 3 rings (SSSR count). The number of carbonyl (C=O) groups is 1. The summed E-state index contributed by atoms with van der Waals surface area (Å²) in [6.45, 7) is 0.434. The van der Waals surface area contributed by atoms with E-state index in [2.05, 4.69) is 10.3 Å². The van der Waals surface area contributed by atoms with E-state index < -0.39 is 0 Å². The van der Waals surface area contributed by atoms with Crippen LogP contribution in [-0.4, -0.2) is 29.7 Å². The molecule has 0 radical (unpaired) electrons. The van der Waals surface area contributed by atoms with Crippen molar-refractivity contribution in [3.05, 3.63) is 72.7 Å². The minimum Gasteiger partial charge on any atom is -0.496 e. The predicted molar refractivity (Wildman–Crippen MR) is 114 cm³/mol. The fraction of sp³-hybridized carbons (Fsp3) is 0.200. The summed E-state index contributed by atoms with van der Waals surface area (Å²) in [5.74, 6) is -0.00717. The number of benzene rings is 2. The third kappa shape index (κ3) is 5.10. The molecule has 0 aliphatic carbocycles. The number of amides is 1. The number of hydrogen-bond acceptors (Lipinski definition) is 6. The first-order valence-electron chi connectivity index (χ1n) is 8.77. The monoisotopic (exact) mass is 433 g/mol. The van der Waals surface area contributed by atoms with Crippen molar-refractivity contribution in [2.45, 2.75) is 12.8 Å². The average Bonchev–Trinajstić information content (AvgIpc) is 3.01. The Balaban J connectivity index is 1.57. The van der Waals surface area contributed by atoms with Crippen LogP contribution in [0.2, 0.25) is 5.02 Å². The number of ether oxygens (including phenoxy) is 1. The van der Waals surface area contributed by atoms with Crippen molar-refractivity contribution in [2.75, 3.05) is 19.4 Å². The molecule has 0 saturated carbocycles. The maximum Gasteiger partial charge on any atom is 0.307 e. The van der Waals surface area contributed by atoms with Gasteiger partial charge in [0.15, 0.2) is 0 Å². The molecule has 0 spiro atoms. The van der Waals surface area contributed by atoms with Crippen molar-refractivity contribution < 1.29 is 14.6 Å². The summed E-state index contributed by atoms with van der Waals surface area (Å²) in [5, 5.41) is 12.8. The third-order valence-electron chi connectivity index (χ3n) is 4.35. The lowest BCUT2D eigenvalue weighted by Crippen LogP contribution is -2.26. The Morgan fingerprint density at radius 2 is 1.97 bits per heavy atom. The molecule has 0 unspecified atom stereocenters. The van der Waals surface area contributed by atoms with Crippen LogP contribution in [0.25, 0.3) is 0 Å². The second-order valence-electron chi connectivity index (χ2n) is 6.36. The van der Waals surface area contributed by atoms with Crippen LogP contribution < -0.4 is 20.7 Å². The van der Waals surface area contributed by atoms with Crippen molar-refractivity contribution in [3.63, 3.8) is 0 Å². The van der Waals surface area contributed by atoms with Crippen LogP contribution in [0.15, 0.2) is 41.2 Å². The van der Waals surface area contributed by atoms with Crippen LogP contribution >= 0.6 is 22.9 Å². The molecule has 29 heavy (non-hydrogen) atoms. The number of carbonyl (C=O) groups excluding carboxylic acids is 1. The van der Waals surface area contributed by atoms with E-state index in [9.17, 15) is 14.7 Å². The van der Waals surface area contributed by atoms with Crippen molar-refractivity contribution in [1.29, 1.82) is 0 Å². The van der Waals surface area contributed by atoms with Gasteiger partial charge in [-0.3, -0.25) is 14.6 Å². The van der Waals surface area contributed by atoms with Gasteiger partial charge in [0, 0.05) is 19.0 Å². The lowest BCUT2D eigenvalue weighted by Gasteiger charge is -2.11. The normalized spacial score (nSPS) is 10.7. The van der Waals surface area contributed by atoms with E-state index in [-0.39, 0.29) is 16.7 Å². The van der Waals surface area contributed by atoms with Gasteiger partial charge >= 0.3 is 4.87 Å². The average molecular weight is 434 g/mol. The molecule has 3 aromatic rings. The van der Waals surface area contributed by atoms with Gasteiger partial charge in [0.05, 0.1) is 28.3 Å². The number of hydrogen-bond donors (Lipinski definition) is 4. The fourth-order valence-electron chi connectivity index (χ4n) is 2.81. The second kappa shape index (κ2) is 9.02. The minimum absolute atomic E-state index is 0.0787. The molecular formula is C20H20ClN3O4S. The van der Waals surface area contributed by atoms with Crippen molar-refractivity contribution in [1.82, 2.24) is 10.3 Å². The number of rotatable bonds is 7. The number of halogens is 1. The molecule has 0 fully saturated rings. The summed E-state index contributed by atoms with van der Waals surface area (Å²) in [4.78, 5) is 26.4. The largest absolute Gasteiger partial charge is 0.496 e. The van der Waals surface area contributed by atoms with Crippen LogP contribution in [-0.2, 0) is 12.8 Å². The topological polar surface area (TPSA) is 117 Å². The van der Waals surface area contributed by atoms with E-state index in [1.807, 2.05) is 24.3 Å². The van der Waals surface area contributed by atoms with Crippen molar-refractivity contribution in [2.24, 2.45) is 0 Å². The highest BCUT2D eigenvalue weighted by atomic mass is 35.5. The predicted octanol–water partition coefficient (Wildman–Crippen LogP) is 2.95. The first kappa shape index (κ1) is 20.8. The summed E-state index contributed by atoms with van der Waals surface area (Å²) in [6.07, 6.45) is 1.11. The molecule has 1 amide bonds. The number of aromatic nitrogens is 1. The molecule has 2 aromatic carbocycles. The number of nitrogen functional groups attached to an aromatic ring is 1. The third-order valence-corrected chi connectivity index (χ3v) is 5.55. The van der Waals surface area contributed by atoms with Crippen LogP contribution in [0.4, 0.5) is 5.69 Å². The maximum absolute atomic E-state index is 12.4. The summed E-state index contributed by atoms with van der Waals surface area (Å²) >= 11 is 7.00. The minimum atomic E-state index is -0.293. The van der Waals surface area contributed by atoms with Gasteiger partial charge in [-0.25, -0.2) is 0 Å². The highest BCUT2D eigenvalue weighted by Gasteiger charge is 2.14. The van der Waals surface area contributed by atoms with Gasteiger partial charge < -0.3 is 20.9 Å². The summed E-state index contributed by atoms with van der Waals surface area (Å²) in [6, 6.07) is 10.8. The Kier molecular flexibility index (Phi) is 6.46. The number of nitrogens with one attached hydrogen (secondary N) is 2. The molecule has 1 heterocycles. The van der Waals surface area contributed by atoms with Crippen molar-refractivity contribution in [3.8, 4) is 11.6 Å². The van der Waals surface area contributed by atoms with Crippen molar-refractivity contribution >= 4 is 34.5 Å². The lowest BCUT2D eigenvalue weighted by atomic mass is 10.1. The maximum atomic E-state index is 12.4. The number of aromatic hydroxyl groups is 1. The number of thiazole rings is 1. The van der Waals surface area contributed by atoms with Gasteiger partial charge in [-0.1, -0.05) is 47.2 Å². The molecule has 152 valence electrons. The van der Waals surface area contributed by atoms with Crippen LogP contribution in [0.3, 0.4) is 0 Å². The zero-order valence-electron chi connectivity index (χ0n) is 15.6. The second-order valence-corrected chi connectivity index (χ2v) is 7.83. The number of aromatic amines is 1.